The first-order valence-electron chi connectivity index (χ1n) is 5.56. The molecule has 17 heavy (non-hydrogen) atoms. The fourth-order valence-corrected chi connectivity index (χ4v) is 2.44. The molecule has 1 rings (SSSR count). The maximum Gasteiger partial charge on any atom is 0.245 e. The van der Waals surface area contributed by atoms with Crippen molar-refractivity contribution in [2.24, 2.45) is 11.7 Å². The Morgan fingerprint density at radius 3 is 2.65 bits per heavy atom. The van der Waals surface area contributed by atoms with E-state index in [-0.39, 0.29) is 10.9 Å². The van der Waals surface area contributed by atoms with E-state index in [0.717, 1.165) is 0 Å². The van der Waals surface area contributed by atoms with E-state index < -0.39 is 10.0 Å². The second kappa shape index (κ2) is 5.61. The van der Waals surface area contributed by atoms with Gasteiger partial charge in [-0.05, 0) is 12.3 Å². The van der Waals surface area contributed by atoms with Gasteiger partial charge in [-0.2, -0.15) is 5.10 Å². The Balaban J connectivity index is 2.62. The van der Waals surface area contributed by atoms with Gasteiger partial charge in [-0.25, -0.2) is 12.7 Å². The Hall–Kier alpha value is -0.920. The van der Waals surface area contributed by atoms with Gasteiger partial charge in [-0.1, -0.05) is 13.8 Å². The molecular weight excluding hydrogens is 240 g/mol. The lowest BCUT2D eigenvalue weighted by Crippen LogP contribution is -2.34. The van der Waals surface area contributed by atoms with Gasteiger partial charge in [0.15, 0.2) is 0 Å². The number of hydrogen-bond acceptors (Lipinski definition) is 4. The molecule has 1 heterocycles. The molecule has 0 saturated heterocycles. The summed E-state index contributed by atoms with van der Waals surface area (Å²) in [6.07, 6.45) is 3.31. The largest absolute Gasteiger partial charge is 0.327 e. The molecule has 0 spiro atoms. The summed E-state index contributed by atoms with van der Waals surface area (Å²) >= 11 is 0. The van der Waals surface area contributed by atoms with Gasteiger partial charge in [-0.3, -0.25) is 5.10 Å². The predicted octanol–water partition coefficient (Wildman–Crippen LogP) is 0.404. The number of nitrogens with one attached hydrogen (secondary N) is 1. The van der Waals surface area contributed by atoms with Gasteiger partial charge >= 0.3 is 0 Å². The molecule has 1 unspecified atom stereocenters. The third-order valence-corrected chi connectivity index (χ3v) is 4.64. The highest BCUT2D eigenvalue weighted by molar-refractivity contribution is 7.89. The summed E-state index contributed by atoms with van der Waals surface area (Å²) < 4.78 is 25.3. The molecule has 1 aromatic heterocycles. The summed E-state index contributed by atoms with van der Waals surface area (Å²) in [5, 5.41) is 6.13. The first-order valence-corrected chi connectivity index (χ1v) is 7.00. The lowest BCUT2D eigenvalue weighted by molar-refractivity contribution is 0.397. The minimum atomic E-state index is -3.43. The second-order valence-electron chi connectivity index (χ2n) is 4.46. The van der Waals surface area contributed by atoms with Crippen LogP contribution in [-0.2, 0) is 10.0 Å². The average Bonchev–Trinajstić information content (AvgIpc) is 2.78. The zero-order valence-corrected chi connectivity index (χ0v) is 11.2. The Kier molecular flexibility index (Phi) is 4.67. The minimum Gasteiger partial charge on any atom is -0.327 e. The van der Waals surface area contributed by atoms with Crippen LogP contribution in [0, 0.1) is 5.92 Å². The highest BCUT2D eigenvalue weighted by atomic mass is 32.2. The van der Waals surface area contributed by atoms with E-state index in [2.05, 4.69) is 10.2 Å². The van der Waals surface area contributed by atoms with Gasteiger partial charge in [0, 0.05) is 25.8 Å². The van der Waals surface area contributed by atoms with Gasteiger partial charge in [-0.15, -0.1) is 0 Å². The normalized spacial score (nSPS) is 14.5. The van der Waals surface area contributed by atoms with Crippen molar-refractivity contribution in [3.63, 3.8) is 0 Å². The molecule has 3 N–H and O–H groups in total. The van der Waals surface area contributed by atoms with E-state index in [1.165, 1.54) is 16.7 Å². The first-order chi connectivity index (χ1) is 7.85. The van der Waals surface area contributed by atoms with Gasteiger partial charge in [0.1, 0.15) is 4.90 Å². The molecule has 0 amide bonds. The maximum absolute atomic E-state index is 12.0. The molecule has 0 radical (unpaired) electrons. The minimum absolute atomic E-state index is 0.0111. The Labute approximate surface area is 102 Å². The molecule has 1 aromatic rings. The summed E-state index contributed by atoms with van der Waals surface area (Å²) in [6.45, 7) is 4.46. The zero-order chi connectivity index (χ0) is 13.1. The molecule has 0 saturated carbocycles. The molecule has 0 aliphatic rings. The lowest BCUT2D eigenvalue weighted by Gasteiger charge is -2.20. The fraction of sp³-hybridized carbons (Fsp3) is 0.700. The van der Waals surface area contributed by atoms with Crippen LogP contribution in [0.1, 0.15) is 20.3 Å². The van der Waals surface area contributed by atoms with E-state index in [0.29, 0.717) is 18.9 Å². The average molecular weight is 260 g/mol. The topological polar surface area (TPSA) is 92.1 Å². The van der Waals surface area contributed by atoms with Crippen LogP contribution < -0.4 is 5.73 Å². The van der Waals surface area contributed by atoms with Gasteiger partial charge in [0.25, 0.3) is 0 Å². The van der Waals surface area contributed by atoms with Crippen LogP contribution in [0.3, 0.4) is 0 Å². The summed E-state index contributed by atoms with van der Waals surface area (Å²) in [4.78, 5) is 0.179. The van der Waals surface area contributed by atoms with Crippen molar-refractivity contribution in [2.75, 3.05) is 13.6 Å². The summed E-state index contributed by atoms with van der Waals surface area (Å²) in [5.74, 6) is 0.347. The second-order valence-corrected chi connectivity index (χ2v) is 6.50. The third kappa shape index (κ3) is 3.52. The van der Waals surface area contributed by atoms with Crippen molar-refractivity contribution < 1.29 is 8.42 Å². The number of H-pyrrole nitrogens is 1. The van der Waals surface area contributed by atoms with Gasteiger partial charge < -0.3 is 5.73 Å². The molecule has 0 fully saturated rings. The van der Waals surface area contributed by atoms with Crippen LogP contribution in [0.15, 0.2) is 17.3 Å². The SMILES string of the molecule is CC(C)C(N)CCN(C)S(=O)(=O)c1cn[nH]c1. The molecule has 6 nitrogen and oxygen atoms in total. The number of rotatable bonds is 6. The number of nitrogens with two attached hydrogens (primary N) is 1. The number of sulfonamides is 1. The summed E-state index contributed by atoms with van der Waals surface area (Å²) in [7, 11) is -1.88. The number of aromatic amines is 1. The predicted molar refractivity (Wildman–Crippen MR) is 65.8 cm³/mol. The summed E-state index contributed by atoms with van der Waals surface area (Å²) in [5.41, 5.74) is 5.89. The quantitative estimate of drug-likeness (QED) is 0.774. The Bertz CT molecular complexity index is 427. The van der Waals surface area contributed by atoms with Crippen LogP contribution in [-0.4, -0.2) is 42.6 Å². The fourth-order valence-electron chi connectivity index (χ4n) is 1.34. The van der Waals surface area contributed by atoms with E-state index in [1.807, 2.05) is 13.8 Å². The van der Waals surface area contributed by atoms with Crippen LogP contribution in [0.4, 0.5) is 0 Å². The van der Waals surface area contributed by atoms with Crippen molar-refractivity contribution in [2.45, 2.75) is 31.2 Å². The summed E-state index contributed by atoms with van der Waals surface area (Å²) in [6, 6.07) is 0.0111. The van der Waals surface area contributed by atoms with E-state index in [1.54, 1.807) is 7.05 Å². The van der Waals surface area contributed by atoms with E-state index >= 15 is 0 Å². The van der Waals surface area contributed by atoms with Crippen LogP contribution in [0.5, 0.6) is 0 Å². The van der Waals surface area contributed by atoms with Gasteiger partial charge in [0.05, 0.1) is 6.20 Å². The van der Waals surface area contributed by atoms with Crippen molar-refractivity contribution in [3.8, 4) is 0 Å². The first kappa shape index (κ1) is 14.1. The smallest absolute Gasteiger partial charge is 0.245 e. The highest BCUT2D eigenvalue weighted by Gasteiger charge is 2.22. The molecule has 1 atom stereocenters. The molecule has 98 valence electrons. The monoisotopic (exact) mass is 260 g/mol. The Morgan fingerprint density at radius 1 is 1.53 bits per heavy atom. The molecule has 0 bridgehead atoms. The number of hydrogen-bond donors (Lipinski definition) is 2. The molecule has 7 heteroatoms. The van der Waals surface area contributed by atoms with Crippen molar-refractivity contribution in [1.29, 1.82) is 0 Å². The van der Waals surface area contributed by atoms with E-state index in [9.17, 15) is 8.42 Å². The van der Waals surface area contributed by atoms with Crippen molar-refractivity contribution in [3.05, 3.63) is 12.4 Å². The van der Waals surface area contributed by atoms with Crippen molar-refractivity contribution >= 4 is 10.0 Å². The molecule has 0 aliphatic carbocycles. The maximum atomic E-state index is 12.0. The standard InChI is InChI=1S/C10H20N4O2S/c1-8(2)10(11)4-5-14(3)17(15,16)9-6-12-13-7-9/h6-8,10H,4-5,11H2,1-3H3,(H,12,13). The van der Waals surface area contributed by atoms with Gasteiger partial charge in [0.2, 0.25) is 10.0 Å². The van der Waals surface area contributed by atoms with Crippen LogP contribution in [0.2, 0.25) is 0 Å². The zero-order valence-electron chi connectivity index (χ0n) is 10.4. The third-order valence-electron chi connectivity index (χ3n) is 2.81. The Morgan fingerprint density at radius 2 is 2.18 bits per heavy atom. The van der Waals surface area contributed by atoms with Crippen molar-refractivity contribution in [1.82, 2.24) is 14.5 Å². The number of nitrogens with zero attached hydrogens (tertiary/aromatic N) is 2. The van der Waals surface area contributed by atoms with Crippen LogP contribution in [0.25, 0.3) is 0 Å². The number of aromatic nitrogens is 2. The van der Waals surface area contributed by atoms with Crippen LogP contribution >= 0.6 is 0 Å². The lowest BCUT2D eigenvalue weighted by atomic mass is 10.0. The molecule has 0 aromatic carbocycles. The highest BCUT2D eigenvalue weighted by Crippen LogP contribution is 2.13. The molecular formula is C10H20N4O2S. The van der Waals surface area contributed by atoms with E-state index in [4.69, 9.17) is 5.73 Å². The molecule has 0 aliphatic heterocycles.